The number of benzene rings is 1. The SMILES string of the molecule is CC1(CNc2cc(Br)ccc2C#N)CCCC1. The molecule has 1 saturated carbocycles. The van der Waals surface area contributed by atoms with Crippen LogP contribution in [-0.4, -0.2) is 6.54 Å². The first-order valence-corrected chi connectivity index (χ1v) is 6.86. The van der Waals surface area contributed by atoms with Crippen LogP contribution in [0, 0.1) is 16.7 Å². The molecule has 2 nitrogen and oxygen atoms in total. The summed E-state index contributed by atoms with van der Waals surface area (Å²) in [5, 5.41) is 12.5. The molecule has 1 aliphatic carbocycles. The number of rotatable bonds is 3. The second-order valence-electron chi connectivity index (χ2n) is 5.17. The van der Waals surface area contributed by atoms with Gasteiger partial charge in [0.25, 0.3) is 0 Å². The molecule has 0 saturated heterocycles. The van der Waals surface area contributed by atoms with Crippen molar-refractivity contribution in [3.8, 4) is 6.07 Å². The van der Waals surface area contributed by atoms with Crippen LogP contribution in [0.3, 0.4) is 0 Å². The number of nitrogens with one attached hydrogen (secondary N) is 1. The molecule has 0 aromatic heterocycles. The van der Waals surface area contributed by atoms with Crippen molar-refractivity contribution in [3.05, 3.63) is 28.2 Å². The molecule has 0 aliphatic heterocycles. The third kappa shape index (κ3) is 3.01. The smallest absolute Gasteiger partial charge is 0.101 e. The molecular formula is C14H17BrN2. The van der Waals surface area contributed by atoms with E-state index in [2.05, 4.69) is 34.2 Å². The minimum atomic E-state index is 0.398. The Balaban J connectivity index is 2.08. The van der Waals surface area contributed by atoms with Gasteiger partial charge in [0, 0.05) is 11.0 Å². The Kier molecular flexibility index (Phi) is 3.73. The van der Waals surface area contributed by atoms with Crippen LogP contribution in [0.15, 0.2) is 22.7 Å². The van der Waals surface area contributed by atoms with E-state index in [0.717, 1.165) is 22.3 Å². The number of hydrogen-bond donors (Lipinski definition) is 1. The zero-order valence-corrected chi connectivity index (χ0v) is 11.7. The second kappa shape index (κ2) is 5.10. The predicted molar refractivity (Wildman–Crippen MR) is 73.9 cm³/mol. The molecule has 0 bridgehead atoms. The molecule has 1 aliphatic rings. The van der Waals surface area contributed by atoms with E-state index in [9.17, 15) is 0 Å². The van der Waals surface area contributed by atoms with E-state index in [4.69, 9.17) is 5.26 Å². The van der Waals surface area contributed by atoms with E-state index >= 15 is 0 Å². The Morgan fingerprint density at radius 2 is 2.12 bits per heavy atom. The molecular weight excluding hydrogens is 276 g/mol. The molecule has 0 spiro atoms. The van der Waals surface area contributed by atoms with E-state index in [-0.39, 0.29) is 0 Å². The first kappa shape index (κ1) is 12.4. The highest BCUT2D eigenvalue weighted by Gasteiger charge is 2.28. The highest BCUT2D eigenvalue weighted by atomic mass is 79.9. The van der Waals surface area contributed by atoms with Gasteiger partial charge in [0.15, 0.2) is 0 Å². The summed E-state index contributed by atoms with van der Waals surface area (Å²) in [5.74, 6) is 0. The van der Waals surface area contributed by atoms with Crippen molar-refractivity contribution >= 4 is 21.6 Å². The van der Waals surface area contributed by atoms with Gasteiger partial charge in [0.1, 0.15) is 6.07 Å². The van der Waals surface area contributed by atoms with E-state index in [0.29, 0.717) is 5.41 Å². The van der Waals surface area contributed by atoms with Crippen LogP contribution in [0.2, 0.25) is 0 Å². The van der Waals surface area contributed by atoms with Gasteiger partial charge in [-0.2, -0.15) is 5.26 Å². The topological polar surface area (TPSA) is 35.8 Å². The Morgan fingerprint density at radius 1 is 1.41 bits per heavy atom. The average Bonchev–Trinajstić information content (AvgIpc) is 2.74. The maximum absolute atomic E-state index is 9.06. The number of nitrogens with zero attached hydrogens (tertiary/aromatic N) is 1. The van der Waals surface area contributed by atoms with E-state index < -0.39 is 0 Å². The predicted octanol–water partition coefficient (Wildman–Crippen LogP) is 4.31. The molecule has 1 N–H and O–H groups in total. The molecule has 3 heteroatoms. The van der Waals surface area contributed by atoms with Gasteiger partial charge in [0.2, 0.25) is 0 Å². The fraction of sp³-hybridized carbons (Fsp3) is 0.500. The molecule has 17 heavy (non-hydrogen) atoms. The first-order chi connectivity index (χ1) is 8.13. The standard InChI is InChI=1S/C14H17BrN2/c1-14(6-2-3-7-14)10-17-13-8-12(15)5-4-11(13)9-16/h4-5,8,17H,2-3,6-7,10H2,1H3. The van der Waals surface area contributed by atoms with Gasteiger partial charge in [-0.25, -0.2) is 0 Å². The maximum Gasteiger partial charge on any atom is 0.101 e. The lowest BCUT2D eigenvalue weighted by molar-refractivity contribution is 0.362. The van der Waals surface area contributed by atoms with Gasteiger partial charge >= 0.3 is 0 Å². The average molecular weight is 293 g/mol. The molecule has 1 aromatic rings. The zero-order valence-electron chi connectivity index (χ0n) is 10.1. The minimum absolute atomic E-state index is 0.398. The van der Waals surface area contributed by atoms with Crippen LogP contribution in [0.4, 0.5) is 5.69 Å². The molecule has 0 heterocycles. The van der Waals surface area contributed by atoms with Gasteiger partial charge in [-0.15, -0.1) is 0 Å². The van der Waals surface area contributed by atoms with Crippen molar-refractivity contribution in [2.24, 2.45) is 5.41 Å². The molecule has 0 unspecified atom stereocenters. The summed E-state index contributed by atoms with van der Waals surface area (Å²) in [6.07, 6.45) is 5.25. The third-order valence-corrected chi connectivity index (χ3v) is 4.11. The molecule has 0 atom stereocenters. The van der Waals surface area contributed by atoms with Crippen LogP contribution in [0.5, 0.6) is 0 Å². The third-order valence-electron chi connectivity index (χ3n) is 3.62. The molecule has 1 aromatic carbocycles. The maximum atomic E-state index is 9.06. The molecule has 2 rings (SSSR count). The zero-order chi connectivity index (χ0) is 12.3. The van der Waals surface area contributed by atoms with E-state index in [1.54, 1.807) is 0 Å². The highest BCUT2D eigenvalue weighted by Crippen LogP contribution is 2.37. The van der Waals surface area contributed by atoms with Crippen LogP contribution >= 0.6 is 15.9 Å². The lowest BCUT2D eigenvalue weighted by Gasteiger charge is -2.24. The van der Waals surface area contributed by atoms with Gasteiger partial charge < -0.3 is 5.32 Å². The highest BCUT2D eigenvalue weighted by molar-refractivity contribution is 9.10. The van der Waals surface area contributed by atoms with Crippen molar-refractivity contribution in [2.45, 2.75) is 32.6 Å². The van der Waals surface area contributed by atoms with E-state index in [1.807, 2.05) is 18.2 Å². The van der Waals surface area contributed by atoms with Crippen LogP contribution < -0.4 is 5.32 Å². The lowest BCUT2D eigenvalue weighted by Crippen LogP contribution is -2.23. The summed E-state index contributed by atoms with van der Waals surface area (Å²) in [6, 6.07) is 7.96. The molecule has 90 valence electrons. The van der Waals surface area contributed by atoms with Gasteiger partial charge in [0.05, 0.1) is 11.3 Å². The number of anilines is 1. The Hall–Kier alpha value is -1.01. The Morgan fingerprint density at radius 3 is 2.76 bits per heavy atom. The molecule has 0 radical (unpaired) electrons. The molecule has 0 amide bonds. The van der Waals surface area contributed by atoms with Crippen molar-refractivity contribution in [1.82, 2.24) is 0 Å². The number of hydrogen-bond acceptors (Lipinski definition) is 2. The van der Waals surface area contributed by atoms with Crippen molar-refractivity contribution in [1.29, 1.82) is 5.26 Å². The van der Waals surface area contributed by atoms with Crippen molar-refractivity contribution in [3.63, 3.8) is 0 Å². The largest absolute Gasteiger partial charge is 0.383 e. The van der Waals surface area contributed by atoms with Crippen LogP contribution in [0.1, 0.15) is 38.2 Å². The first-order valence-electron chi connectivity index (χ1n) is 6.06. The summed E-state index contributed by atoms with van der Waals surface area (Å²) in [5.41, 5.74) is 2.06. The summed E-state index contributed by atoms with van der Waals surface area (Å²) in [4.78, 5) is 0. The number of halogens is 1. The fourth-order valence-corrected chi connectivity index (χ4v) is 2.84. The normalized spacial score (nSPS) is 17.7. The summed E-state index contributed by atoms with van der Waals surface area (Å²) >= 11 is 3.44. The van der Waals surface area contributed by atoms with Gasteiger partial charge in [-0.1, -0.05) is 35.7 Å². The van der Waals surface area contributed by atoms with Crippen molar-refractivity contribution in [2.75, 3.05) is 11.9 Å². The van der Waals surface area contributed by atoms with Gasteiger partial charge in [-0.3, -0.25) is 0 Å². The lowest BCUT2D eigenvalue weighted by atomic mass is 9.89. The van der Waals surface area contributed by atoms with Crippen LogP contribution in [0.25, 0.3) is 0 Å². The van der Waals surface area contributed by atoms with E-state index in [1.165, 1.54) is 25.7 Å². The Bertz CT molecular complexity index is 442. The summed E-state index contributed by atoms with van der Waals surface area (Å²) in [6.45, 7) is 3.29. The fourth-order valence-electron chi connectivity index (χ4n) is 2.47. The minimum Gasteiger partial charge on any atom is -0.383 e. The van der Waals surface area contributed by atoms with Crippen LogP contribution in [-0.2, 0) is 0 Å². The Labute approximate surface area is 111 Å². The summed E-state index contributed by atoms with van der Waals surface area (Å²) < 4.78 is 1.01. The monoisotopic (exact) mass is 292 g/mol. The molecule has 1 fully saturated rings. The summed E-state index contributed by atoms with van der Waals surface area (Å²) in [7, 11) is 0. The quantitative estimate of drug-likeness (QED) is 0.901. The second-order valence-corrected chi connectivity index (χ2v) is 6.09. The van der Waals surface area contributed by atoms with Gasteiger partial charge in [-0.05, 0) is 36.5 Å². The van der Waals surface area contributed by atoms with Crippen molar-refractivity contribution < 1.29 is 0 Å². The number of nitriles is 1.